The number of pyridine rings is 1. The van der Waals surface area contributed by atoms with E-state index < -0.39 is 5.97 Å². The van der Waals surface area contributed by atoms with E-state index in [2.05, 4.69) is 4.98 Å². The van der Waals surface area contributed by atoms with Gasteiger partial charge in [0.2, 0.25) is 0 Å². The van der Waals surface area contributed by atoms with Crippen LogP contribution < -0.4 is 10.9 Å². The lowest BCUT2D eigenvalue weighted by Crippen LogP contribution is -2.22. The fraction of sp³-hybridized carbons (Fsp3) is 0.0769. The summed E-state index contributed by atoms with van der Waals surface area (Å²) in [5.41, 5.74) is 2.57. The Morgan fingerprint density at radius 3 is 2.45 bits per heavy atom. The number of H-pyrrole nitrogens is 1. The Balaban J connectivity index is 1.94. The third-order valence-corrected chi connectivity index (χ3v) is 5.56. The van der Waals surface area contributed by atoms with Gasteiger partial charge in [-0.1, -0.05) is 60.7 Å². The van der Waals surface area contributed by atoms with Crippen LogP contribution in [0.25, 0.3) is 33.3 Å². The van der Waals surface area contributed by atoms with Gasteiger partial charge in [0.15, 0.2) is 0 Å². The van der Waals surface area contributed by atoms with Crippen molar-refractivity contribution in [3.05, 3.63) is 100 Å². The van der Waals surface area contributed by atoms with Gasteiger partial charge in [0.05, 0.1) is 29.2 Å². The second kappa shape index (κ2) is 8.20. The molecule has 0 fully saturated rings. The number of fused-ring (bicyclic) bond motifs is 2. The molecule has 0 aliphatic heterocycles. The van der Waals surface area contributed by atoms with Gasteiger partial charge in [-0.15, -0.1) is 0 Å². The summed E-state index contributed by atoms with van der Waals surface area (Å²) in [7, 11) is 3.20. The zero-order valence-electron chi connectivity index (χ0n) is 18.1. The molecule has 33 heavy (non-hydrogen) atoms. The predicted molar refractivity (Wildman–Crippen MR) is 127 cm³/mol. The molecule has 0 bridgehead atoms. The van der Waals surface area contributed by atoms with Gasteiger partial charge >= 0.3 is 5.97 Å². The molecule has 0 spiro atoms. The summed E-state index contributed by atoms with van der Waals surface area (Å²) in [6.07, 6.45) is 0. The van der Waals surface area contributed by atoms with Crippen LogP contribution in [-0.2, 0) is 11.8 Å². The normalized spacial score (nSPS) is 11.8. The van der Waals surface area contributed by atoms with Crippen molar-refractivity contribution >= 4 is 33.6 Å². The molecule has 5 rings (SSSR count). The summed E-state index contributed by atoms with van der Waals surface area (Å²) in [6.45, 7) is 0. The van der Waals surface area contributed by atoms with Crippen LogP contribution in [0.4, 0.5) is 5.69 Å². The lowest BCUT2D eigenvalue weighted by atomic mass is 10.1. The highest BCUT2D eigenvalue weighted by atomic mass is 16.5. The Bertz CT molecular complexity index is 1650. The number of nitrogens with zero attached hydrogens (tertiary/aromatic N) is 3. The zero-order chi connectivity index (χ0) is 22.9. The molecular weight excluding hydrogens is 416 g/mol. The van der Waals surface area contributed by atoms with E-state index in [4.69, 9.17) is 14.7 Å². The Kier molecular flexibility index (Phi) is 5.06. The van der Waals surface area contributed by atoms with Crippen LogP contribution >= 0.6 is 0 Å². The van der Waals surface area contributed by atoms with Crippen LogP contribution in [0.5, 0.6) is 0 Å². The first-order valence-corrected chi connectivity index (χ1v) is 10.4. The minimum atomic E-state index is -0.497. The molecule has 0 unspecified atom stereocenters. The summed E-state index contributed by atoms with van der Waals surface area (Å²) in [4.78, 5) is 38.2. The van der Waals surface area contributed by atoms with E-state index in [1.165, 1.54) is 7.11 Å². The molecule has 7 heteroatoms. The van der Waals surface area contributed by atoms with E-state index in [0.717, 1.165) is 16.5 Å². The monoisotopic (exact) mass is 436 g/mol. The Hall–Kier alpha value is -4.52. The lowest BCUT2D eigenvalue weighted by molar-refractivity contribution is 0.0601. The second-order valence-electron chi connectivity index (χ2n) is 7.52. The summed E-state index contributed by atoms with van der Waals surface area (Å²) in [6, 6.07) is 24.0. The van der Waals surface area contributed by atoms with Gasteiger partial charge in [0, 0.05) is 18.0 Å². The Morgan fingerprint density at radius 2 is 1.67 bits per heavy atom. The number of aromatic nitrogens is 3. The average molecular weight is 436 g/mol. The molecule has 0 aliphatic rings. The molecule has 0 saturated heterocycles. The lowest BCUT2D eigenvalue weighted by Gasteiger charge is -2.12. The van der Waals surface area contributed by atoms with Gasteiger partial charge in [-0.05, 0) is 18.2 Å². The molecule has 0 amide bonds. The van der Waals surface area contributed by atoms with Crippen molar-refractivity contribution in [2.75, 3.05) is 7.11 Å². The van der Waals surface area contributed by atoms with Gasteiger partial charge in [-0.3, -0.25) is 4.79 Å². The topological polar surface area (TPSA) is 89.3 Å². The molecule has 0 saturated carbocycles. The van der Waals surface area contributed by atoms with Gasteiger partial charge < -0.3 is 14.3 Å². The van der Waals surface area contributed by atoms with E-state index in [9.17, 15) is 9.59 Å². The van der Waals surface area contributed by atoms with Crippen molar-refractivity contribution in [1.82, 2.24) is 14.5 Å². The minimum absolute atomic E-state index is 0.311. The number of benzene rings is 3. The third-order valence-electron chi connectivity index (χ3n) is 5.56. The molecule has 3 aromatic carbocycles. The number of aryl methyl sites for hydroxylation is 1. The fourth-order valence-corrected chi connectivity index (χ4v) is 3.96. The maximum atomic E-state index is 13.4. The summed E-state index contributed by atoms with van der Waals surface area (Å²) in [5.74, 6) is -0.0252. The van der Waals surface area contributed by atoms with E-state index in [1.54, 1.807) is 24.3 Å². The average Bonchev–Trinajstić information content (AvgIpc) is 2.86. The number of esters is 1. The molecule has 2 aromatic heterocycles. The molecule has 0 atom stereocenters. The van der Waals surface area contributed by atoms with E-state index in [0.29, 0.717) is 33.5 Å². The number of nitrogens with one attached hydrogen (secondary N) is 1. The van der Waals surface area contributed by atoms with Crippen molar-refractivity contribution in [2.45, 2.75) is 0 Å². The number of carbonyl (C=O) groups is 1. The smallest absolute Gasteiger partial charge is 0.340 e. The van der Waals surface area contributed by atoms with Crippen molar-refractivity contribution in [2.24, 2.45) is 12.0 Å². The highest BCUT2D eigenvalue weighted by molar-refractivity contribution is 5.96. The van der Waals surface area contributed by atoms with Crippen LogP contribution in [0, 0.1) is 0 Å². The number of rotatable bonds is 3. The van der Waals surface area contributed by atoms with E-state index >= 15 is 0 Å². The highest BCUT2D eigenvalue weighted by Crippen LogP contribution is 2.22. The van der Waals surface area contributed by atoms with Gasteiger partial charge in [0.25, 0.3) is 5.56 Å². The fourth-order valence-electron chi connectivity index (χ4n) is 3.96. The predicted octanol–water partition coefficient (Wildman–Crippen LogP) is 4.10. The second-order valence-corrected chi connectivity index (χ2v) is 7.52. The largest absolute Gasteiger partial charge is 0.465 e. The molecule has 7 nitrogen and oxygen atoms in total. The maximum Gasteiger partial charge on any atom is 0.340 e. The van der Waals surface area contributed by atoms with Crippen molar-refractivity contribution < 1.29 is 9.53 Å². The van der Waals surface area contributed by atoms with Crippen molar-refractivity contribution in [1.29, 1.82) is 0 Å². The Labute approximate surface area is 188 Å². The first kappa shape index (κ1) is 20.4. The number of ether oxygens (including phenoxy) is 1. The molecule has 162 valence electrons. The van der Waals surface area contributed by atoms with Crippen LogP contribution in [0.3, 0.4) is 0 Å². The number of methoxy groups -OCH3 is 1. The van der Waals surface area contributed by atoms with E-state index in [1.807, 2.05) is 66.2 Å². The van der Waals surface area contributed by atoms with Gasteiger partial charge in [0.1, 0.15) is 16.9 Å². The molecule has 5 aromatic rings. The summed E-state index contributed by atoms with van der Waals surface area (Å²) < 4.78 is 6.80. The number of hydrogen-bond donors (Lipinski definition) is 1. The van der Waals surface area contributed by atoms with Crippen LogP contribution in [0.1, 0.15) is 10.4 Å². The van der Waals surface area contributed by atoms with Crippen LogP contribution in [-0.4, -0.2) is 27.6 Å². The van der Waals surface area contributed by atoms with Crippen molar-refractivity contribution in [3.63, 3.8) is 0 Å². The SMILES string of the molecule is COC(=O)c1ccccc1N=c1c2ccccc2n(C)c2nc(-c3ccccc3)[nH]c(=O)c12. The quantitative estimate of drug-likeness (QED) is 0.341. The molecule has 0 aliphatic carbocycles. The number of para-hydroxylation sites is 2. The molecule has 2 heterocycles. The first-order valence-electron chi connectivity index (χ1n) is 10.4. The number of hydrogen-bond acceptors (Lipinski definition) is 5. The summed E-state index contributed by atoms with van der Waals surface area (Å²) >= 11 is 0. The molecule has 0 radical (unpaired) electrons. The first-order chi connectivity index (χ1) is 16.1. The van der Waals surface area contributed by atoms with E-state index in [-0.39, 0.29) is 5.56 Å². The van der Waals surface area contributed by atoms with Crippen LogP contribution in [0.2, 0.25) is 0 Å². The van der Waals surface area contributed by atoms with Gasteiger partial charge in [-0.25, -0.2) is 14.8 Å². The molecule has 1 N–H and O–H groups in total. The third kappa shape index (κ3) is 3.49. The maximum absolute atomic E-state index is 13.4. The standard InChI is InChI=1S/C26H20N4O3/c1-30-20-15-9-7-13-18(20)22(27-19-14-8-6-12-17(19)26(32)33-2)21-24(30)28-23(29-25(21)31)16-10-4-3-5-11-16/h3-15H,1-2H3,(H,28,29,31). The molecular formula is C26H20N4O3. The Morgan fingerprint density at radius 1 is 0.970 bits per heavy atom. The number of carbonyl (C=O) groups excluding carboxylic acids is 1. The highest BCUT2D eigenvalue weighted by Gasteiger charge is 2.16. The zero-order valence-corrected chi connectivity index (χ0v) is 18.1. The number of aromatic amines is 1. The van der Waals surface area contributed by atoms with Crippen molar-refractivity contribution in [3.8, 4) is 11.4 Å². The van der Waals surface area contributed by atoms with Gasteiger partial charge in [-0.2, -0.15) is 0 Å². The van der Waals surface area contributed by atoms with Crippen LogP contribution in [0.15, 0.2) is 88.6 Å². The minimum Gasteiger partial charge on any atom is -0.465 e. The summed E-state index contributed by atoms with van der Waals surface area (Å²) in [5, 5.41) is 1.56.